The van der Waals surface area contributed by atoms with Crippen LogP contribution in [0.1, 0.15) is 194 Å². The molecular weight excluding hydrogens is 556 g/mol. The van der Waals surface area contributed by atoms with Crippen molar-refractivity contribution in [2.24, 2.45) is 7.05 Å². The second-order valence-corrected chi connectivity index (χ2v) is 14.5. The summed E-state index contributed by atoms with van der Waals surface area (Å²) >= 11 is 0. The molecule has 1 heterocycles. The summed E-state index contributed by atoms with van der Waals surface area (Å²) in [5.74, 6) is 0. The zero-order chi connectivity index (χ0) is 32.8. The van der Waals surface area contributed by atoms with Gasteiger partial charge in [0.2, 0.25) is 0 Å². The number of pyridine rings is 1. The van der Waals surface area contributed by atoms with E-state index in [1.807, 2.05) is 0 Å². The average Bonchev–Trinajstić information content (AvgIpc) is 3.08. The van der Waals surface area contributed by atoms with E-state index in [9.17, 15) is 0 Å². The Labute approximate surface area is 288 Å². The first-order valence-corrected chi connectivity index (χ1v) is 20.5. The number of hydrogen-bond donors (Lipinski definition) is 0. The monoisotopic (exact) mass is 634 g/mol. The van der Waals surface area contributed by atoms with Crippen molar-refractivity contribution in [1.29, 1.82) is 0 Å². The third-order valence-electron chi connectivity index (χ3n) is 10.1. The second kappa shape index (κ2) is 29.3. The fraction of sp³-hybridized carbons (Fsp3) is 0.750. The van der Waals surface area contributed by atoms with E-state index < -0.39 is 0 Å². The van der Waals surface area contributed by atoms with Gasteiger partial charge in [0.15, 0.2) is 12.4 Å². The fourth-order valence-corrected chi connectivity index (χ4v) is 6.92. The molecule has 0 fully saturated rings. The lowest BCUT2D eigenvalue weighted by Crippen LogP contribution is -2.26. The van der Waals surface area contributed by atoms with Crippen molar-refractivity contribution in [3.05, 3.63) is 48.8 Å². The molecule has 262 valence electrons. The maximum absolute atomic E-state index is 2.69. The Kier molecular flexibility index (Phi) is 25.7. The molecule has 0 radical (unpaired) electrons. The summed E-state index contributed by atoms with van der Waals surface area (Å²) in [7, 11) is 2.08. The third-order valence-corrected chi connectivity index (χ3v) is 10.1. The van der Waals surface area contributed by atoms with Crippen LogP contribution in [0.2, 0.25) is 0 Å². The zero-order valence-electron chi connectivity index (χ0n) is 31.2. The maximum atomic E-state index is 2.69. The number of rotatable bonds is 32. The van der Waals surface area contributed by atoms with Gasteiger partial charge in [-0.3, -0.25) is 0 Å². The summed E-state index contributed by atoms with van der Waals surface area (Å²) in [5.41, 5.74) is 4.03. The SMILES string of the molecule is CCCCCCCCCCCCCCCCN(CCCCCCCCCCCCCCCC)c1ccc(-c2cc[n+](C)cc2)cc1. The lowest BCUT2D eigenvalue weighted by molar-refractivity contribution is -0.671. The molecule has 0 aliphatic heterocycles. The highest BCUT2D eigenvalue weighted by Crippen LogP contribution is 2.24. The van der Waals surface area contributed by atoms with Crippen LogP contribution in [-0.2, 0) is 7.05 Å². The van der Waals surface area contributed by atoms with E-state index in [1.165, 1.54) is 210 Å². The Morgan fingerprint density at radius 3 is 0.978 bits per heavy atom. The highest BCUT2D eigenvalue weighted by molar-refractivity contribution is 5.65. The van der Waals surface area contributed by atoms with Crippen LogP contribution in [0, 0.1) is 0 Å². The van der Waals surface area contributed by atoms with Crippen LogP contribution >= 0.6 is 0 Å². The van der Waals surface area contributed by atoms with E-state index in [-0.39, 0.29) is 0 Å². The molecule has 0 saturated heterocycles. The van der Waals surface area contributed by atoms with Gasteiger partial charge in [-0.05, 0) is 36.1 Å². The zero-order valence-corrected chi connectivity index (χ0v) is 31.2. The summed E-state index contributed by atoms with van der Waals surface area (Å²) in [4.78, 5) is 2.69. The molecule has 1 aromatic carbocycles. The minimum atomic E-state index is 1.21. The van der Waals surface area contributed by atoms with Gasteiger partial charge >= 0.3 is 0 Å². The predicted octanol–water partition coefficient (Wildman–Crippen LogP) is 13.9. The molecule has 0 atom stereocenters. The normalized spacial score (nSPS) is 11.4. The van der Waals surface area contributed by atoms with Gasteiger partial charge in [0.25, 0.3) is 0 Å². The molecule has 2 heteroatoms. The summed E-state index contributed by atoms with van der Waals surface area (Å²) in [6.07, 6.45) is 44.2. The lowest BCUT2D eigenvalue weighted by Gasteiger charge is -2.25. The molecule has 46 heavy (non-hydrogen) atoms. The van der Waals surface area contributed by atoms with E-state index >= 15 is 0 Å². The summed E-state index contributed by atoms with van der Waals surface area (Å²) in [6, 6.07) is 13.8. The van der Waals surface area contributed by atoms with Crippen molar-refractivity contribution >= 4 is 5.69 Å². The second-order valence-electron chi connectivity index (χ2n) is 14.5. The van der Waals surface area contributed by atoms with Crippen LogP contribution in [0.3, 0.4) is 0 Å². The Morgan fingerprint density at radius 2 is 0.652 bits per heavy atom. The minimum Gasteiger partial charge on any atom is -0.372 e. The Morgan fingerprint density at radius 1 is 0.370 bits per heavy atom. The van der Waals surface area contributed by atoms with Crippen molar-refractivity contribution in [2.45, 2.75) is 194 Å². The maximum Gasteiger partial charge on any atom is 0.169 e. The average molecular weight is 634 g/mol. The Bertz CT molecular complexity index is 871. The van der Waals surface area contributed by atoms with Crippen molar-refractivity contribution in [3.63, 3.8) is 0 Å². The predicted molar refractivity (Wildman–Crippen MR) is 206 cm³/mol. The number of benzene rings is 1. The first-order chi connectivity index (χ1) is 22.7. The molecule has 0 aliphatic carbocycles. The number of nitrogens with zero attached hydrogens (tertiary/aromatic N) is 2. The lowest BCUT2D eigenvalue weighted by atomic mass is 10.0. The summed E-state index contributed by atoms with van der Waals surface area (Å²) in [5, 5.41) is 0. The molecule has 2 nitrogen and oxygen atoms in total. The van der Waals surface area contributed by atoms with Gasteiger partial charge in [-0.1, -0.05) is 193 Å². The number of unbranched alkanes of at least 4 members (excludes halogenated alkanes) is 26. The van der Waals surface area contributed by atoms with Gasteiger partial charge in [0.1, 0.15) is 7.05 Å². The van der Waals surface area contributed by atoms with E-state index in [0.29, 0.717) is 0 Å². The number of aryl methyl sites for hydroxylation is 1. The van der Waals surface area contributed by atoms with Crippen LogP contribution in [-0.4, -0.2) is 13.1 Å². The number of anilines is 1. The van der Waals surface area contributed by atoms with Crippen LogP contribution in [0.15, 0.2) is 48.8 Å². The first kappa shape index (κ1) is 40.3. The minimum absolute atomic E-state index is 1.21. The van der Waals surface area contributed by atoms with E-state index in [2.05, 4.69) is 79.2 Å². The van der Waals surface area contributed by atoms with Crippen molar-refractivity contribution in [2.75, 3.05) is 18.0 Å². The van der Waals surface area contributed by atoms with E-state index in [4.69, 9.17) is 0 Å². The first-order valence-electron chi connectivity index (χ1n) is 20.5. The molecule has 0 amide bonds. The van der Waals surface area contributed by atoms with Crippen molar-refractivity contribution in [1.82, 2.24) is 0 Å². The molecule has 2 rings (SSSR count). The molecule has 0 bridgehead atoms. The van der Waals surface area contributed by atoms with Crippen LogP contribution in [0.25, 0.3) is 11.1 Å². The summed E-state index contributed by atoms with van der Waals surface area (Å²) < 4.78 is 2.10. The van der Waals surface area contributed by atoms with Gasteiger partial charge in [-0.15, -0.1) is 0 Å². The smallest absolute Gasteiger partial charge is 0.169 e. The molecular formula is C44H77N2+. The molecule has 0 aliphatic rings. The van der Waals surface area contributed by atoms with Gasteiger partial charge in [0.05, 0.1) is 0 Å². The highest BCUT2D eigenvalue weighted by atomic mass is 15.1. The molecule has 1 aromatic heterocycles. The third kappa shape index (κ3) is 21.1. The quantitative estimate of drug-likeness (QED) is 0.0574. The standard InChI is InChI=1S/C44H77N2/c1-4-6-8-10-12-14-16-18-20-22-24-26-28-30-38-46(44-34-32-42(33-35-44)43-36-40-45(3)41-37-43)39-31-29-27-25-23-21-19-17-15-13-11-9-7-5-2/h32-37,40-41H,4-31,38-39H2,1-3H3/q+1. The molecule has 0 unspecified atom stereocenters. The van der Waals surface area contributed by atoms with E-state index in [1.54, 1.807) is 0 Å². The van der Waals surface area contributed by atoms with Gasteiger partial charge in [-0.25, -0.2) is 4.57 Å². The number of aromatic nitrogens is 1. The van der Waals surface area contributed by atoms with Gasteiger partial charge < -0.3 is 4.90 Å². The largest absolute Gasteiger partial charge is 0.372 e. The van der Waals surface area contributed by atoms with Crippen LogP contribution in [0.4, 0.5) is 5.69 Å². The van der Waals surface area contributed by atoms with Gasteiger partial charge in [0, 0.05) is 30.9 Å². The van der Waals surface area contributed by atoms with Crippen molar-refractivity contribution in [3.8, 4) is 11.1 Å². The van der Waals surface area contributed by atoms with E-state index in [0.717, 1.165) is 0 Å². The Hall–Kier alpha value is -1.83. The van der Waals surface area contributed by atoms with Crippen LogP contribution < -0.4 is 9.47 Å². The number of hydrogen-bond acceptors (Lipinski definition) is 1. The topological polar surface area (TPSA) is 7.12 Å². The molecule has 0 N–H and O–H groups in total. The van der Waals surface area contributed by atoms with Crippen LogP contribution in [0.5, 0.6) is 0 Å². The molecule has 2 aromatic rings. The van der Waals surface area contributed by atoms with Crippen molar-refractivity contribution < 1.29 is 4.57 Å². The van der Waals surface area contributed by atoms with Gasteiger partial charge in [-0.2, -0.15) is 0 Å². The molecule has 0 saturated carbocycles. The fourth-order valence-electron chi connectivity index (χ4n) is 6.92. The Balaban J connectivity index is 1.63. The highest BCUT2D eigenvalue weighted by Gasteiger charge is 2.08. The molecule has 0 spiro atoms. The summed E-state index contributed by atoms with van der Waals surface area (Å²) in [6.45, 7) is 7.03.